The Hall–Kier alpha value is -3.69. The van der Waals surface area contributed by atoms with Gasteiger partial charge in [-0.15, -0.1) is 0 Å². The molecule has 10 nitrogen and oxygen atoms in total. The van der Waals surface area contributed by atoms with Gasteiger partial charge in [0.05, 0.1) is 24.6 Å². The van der Waals surface area contributed by atoms with Crippen LogP contribution in [0.3, 0.4) is 0 Å². The van der Waals surface area contributed by atoms with Gasteiger partial charge in [-0.25, -0.2) is 9.97 Å². The maximum Gasteiger partial charge on any atom is 0.254 e. The molecule has 0 unspecified atom stereocenters. The molecule has 1 aliphatic rings. The second-order valence-corrected chi connectivity index (χ2v) is 6.86. The summed E-state index contributed by atoms with van der Waals surface area (Å²) in [6.07, 6.45) is 6.13. The van der Waals surface area contributed by atoms with Gasteiger partial charge in [0.15, 0.2) is 11.6 Å². The molecular weight excluding hydrogens is 386 g/mol. The first-order valence-electron chi connectivity index (χ1n) is 11.0. The highest BCUT2D eigenvalue weighted by molar-refractivity contribution is 6.02. The van der Waals surface area contributed by atoms with Gasteiger partial charge in [0.1, 0.15) is 11.3 Å². The minimum Gasteiger partial charge on any atom is -0.491 e. The van der Waals surface area contributed by atoms with Gasteiger partial charge < -0.3 is 20.7 Å². The highest BCUT2D eigenvalue weighted by atomic mass is 16.5. The van der Waals surface area contributed by atoms with Crippen LogP contribution in [-0.4, -0.2) is 45.6 Å². The molecule has 1 fully saturated rings. The van der Waals surface area contributed by atoms with Gasteiger partial charge >= 0.3 is 0 Å². The summed E-state index contributed by atoms with van der Waals surface area (Å²) in [5, 5.41) is 12.8. The molecule has 2 amide bonds. The van der Waals surface area contributed by atoms with Crippen LogP contribution in [0.4, 0.5) is 17.3 Å². The number of carbonyl (C=O) groups is 2. The first-order valence-corrected chi connectivity index (χ1v) is 9.49. The van der Waals surface area contributed by atoms with Gasteiger partial charge in [0.2, 0.25) is 5.91 Å². The molecule has 30 heavy (non-hydrogen) atoms. The molecular formula is C20H23N7O3. The number of fused-ring (bicyclic) bond motifs is 1. The summed E-state index contributed by atoms with van der Waals surface area (Å²) < 4.78 is 29.3. The van der Waals surface area contributed by atoms with Crippen LogP contribution in [0.1, 0.15) is 34.2 Å². The molecule has 3 N–H and O–H groups in total. The molecule has 1 aliphatic carbocycles. The first kappa shape index (κ1) is 16.1. The van der Waals surface area contributed by atoms with E-state index in [1.807, 2.05) is 12.2 Å². The van der Waals surface area contributed by atoms with Gasteiger partial charge in [0, 0.05) is 47.4 Å². The predicted molar refractivity (Wildman–Crippen MR) is 112 cm³/mol. The van der Waals surface area contributed by atoms with Crippen molar-refractivity contribution in [2.24, 2.45) is 5.92 Å². The van der Waals surface area contributed by atoms with Gasteiger partial charge in [-0.3, -0.25) is 14.3 Å². The maximum absolute atomic E-state index is 12.6. The van der Waals surface area contributed by atoms with E-state index in [1.54, 1.807) is 17.1 Å². The number of nitrogens with zero attached hydrogens (tertiary/aromatic N) is 4. The van der Waals surface area contributed by atoms with E-state index in [0.717, 1.165) is 18.2 Å². The number of methoxy groups -OCH3 is 1. The lowest BCUT2D eigenvalue weighted by atomic mass is 10.2. The second kappa shape index (κ2) is 7.97. The second-order valence-electron chi connectivity index (χ2n) is 6.86. The largest absolute Gasteiger partial charge is 0.491 e. The maximum atomic E-state index is 12.6. The van der Waals surface area contributed by atoms with Crippen molar-refractivity contribution in [1.82, 2.24) is 25.1 Å². The number of anilines is 3. The minimum absolute atomic E-state index is 0.0384. The lowest BCUT2D eigenvalue weighted by molar-refractivity contribution is -0.117. The number of hydrogen-bond acceptors (Lipinski definition) is 7. The van der Waals surface area contributed by atoms with Crippen molar-refractivity contribution >= 4 is 40.0 Å². The van der Waals surface area contributed by atoms with Crippen molar-refractivity contribution in [2.45, 2.75) is 26.3 Å². The molecule has 0 bridgehead atoms. The quantitative estimate of drug-likeness (QED) is 0.544. The minimum atomic E-state index is -2.68. The zero-order chi connectivity index (χ0) is 23.8. The molecule has 10 heteroatoms. The molecule has 0 aliphatic heterocycles. The number of aryl methyl sites for hydroxylation is 1. The third-order valence-corrected chi connectivity index (χ3v) is 4.85. The molecule has 3 aromatic heterocycles. The van der Waals surface area contributed by atoms with Gasteiger partial charge in [0.25, 0.3) is 5.91 Å². The number of nitrogens with one attached hydrogen (secondary N) is 3. The smallest absolute Gasteiger partial charge is 0.254 e. The number of aromatic nitrogens is 4. The van der Waals surface area contributed by atoms with E-state index < -0.39 is 12.9 Å². The third kappa shape index (κ3) is 3.63. The van der Waals surface area contributed by atoms with Crippen LogP contribution in [0.5, 0.6) is 5.75 Å². The van der Waals surface area contributed by atoms with Crippen molar-refractivity contribution in [1.29, 1.82) is 0 Å². The Bertz CT molecular complexity index is 1220. The van der Waals surface area contributed by atoms with Gasteiger partial charge in [-0.05, 0) is 19.8 Å². The Morgan fingerprint density at radius 3 is 2.83 bits per heavy atom. The number of rotatable bonds is 7. The van der Waals surface area contributed by atoms with E-state index in [4.69, 9.17) is 8.85 Å². The number of pyridine rings is 2. The van der Waals surface area contributed by atoms with E-state index in [9.17, 15) is 9.59 Å². The summed E-state index contributed by atoms with van der Waals surface area (Å²) in [6, 6.07) is 1.46. The Kier molecular flexibility index (Phi) is 4.29. The van der Waals surface area contributed by atoms with E-state index in [2.05, 4.69) is 25.7 Å². The lowest BCUT2D eigenvalue weighted by Gasteiger charge is -2.15. The average molecular weight is 412 g/mol. The molecule has 3 heterocycles. The molecule has 0 aromatic carbocycles. The average Bonchev–Trinajstić information content (AvgIpc) is 3.52. The van der Waals surface area contributed by atoms with Crippen molar-refractivity contribution in [3.05, 3.63) is 30.2 Å². The standard InChI is InChI=1S/C20H23N7O3/c1-4-27-16-12(9-24-27)8-23-18(17(16)30-3)25-14-7-15(26-19(28)11-5-6-11)22-10-13(14)20(29)21-2/h7-11H,4-6H2,1-3H3,(H,21,29)(H2,22,23,25,26,28)/i2D3. The summed E-state index contributed by atoms with van der Waals surface area (Å²) in [6.45, 7) is -0.147. The molecule has 156 valence electrons. The van der Waals surface area contributed by atoms with Gasteiger partial charge in [-0.1, -0.05) is 0 Å². The van der Waals surface area contributed by atoms with Crippen molar-refractivity contribution in [3.63, 3.8) is 0 Å². The fraction of sp³-hybridized carbons (Fsp3) is 0.350. The molecule has 0 atom stereocenters. The molecule has 1 saturated carbocycles. The summed E-state index contributed by atoms with van der Waals surface area (Å²) >= 11 is 0. The van der Waals surface area contributed by atoms with Crippen LogP contribution in [0.25, 0.3) is 10.9 Å². The monoisotopic (exact) mass is 412 g/mol. The highest BCUT2D eigenvalue weighted by Crippen LogP contribution is 2.35. The zero-order valence-electron chi connectivity index (χ0n) is 19.5. The lowest BCUT2D eigenvalue weighted by Crippen LogP contribution is -2.20. The van der Waals surface area contributed by atoms with Crippen LogP contribution in [0.2, 0.25) is 0 Å². The van der Waals surface area contributed by atoms with E-state index in [1.165, 1.54) is 19.4 Å². The summed E-state index contributed by atoms with van der Waals surface area (Å²) in [5.41, 5.74) is 0.872. The molecule has 0 spiro atoms. The Morgan fingerprint density at radius 2 is 2.13 bits per heavy atom. The predicted octanol–water partition coefficient (Wildman–Crippen LogP) is 2.31. The van der Waals surface area contributed by atoms with E-state index >= 15 is 0 Å². The van der Waals surface area contributed by atoms with Crippen LogP contribution in [0.15, 0.2) is 24.7 Å². The van der Waals surface area contributed by atoms with E-state index in [-0.39, 0.29) is 34.7 Å². The summed E-state index contributed by atoms with van der Waals surface area (Å²) in [5.74, 6) is -0.150. The SMILES string of the molecule is [2H]C([2H])([2H])NC(=O)c1cnc(NC(=O)C2CC2)cc1Nc1ncc2cnn(CC)c2c1OC. The van der Waals surface area contributed by atoms with Crippen molar-refractivity contribution in [3.8, 4) is 5.75 Å². The Labute approximate surface area is 177 Å². The van der Waals surface area contributed by atoms with Gasteiger partial charge in [-0.2, -0.15) is 5.10 Å². The number of amides is 2. The number of carbonyl (C=O) groups excluding carboxylic acids is 2. The summed E-state index contributed by atoms with van der Waals surface area (Å²) in [4.78, 5) is 33.3. The fourth-order valence-corrected chi connectivity index (χ4v) is 3.15. The third-order valence-electron chi connectivity index (χ3n) is 4.85. The van der Waals surface area contributed by atoms with Crippen LogP contribution < -0.4 is 20.7 Å². The highest BCUT2D eigenvalue weighted by Gasteiger charge is 2.30. The normalized spacial score (nSPS) is 15.1. The first-order chi connectivity index (χ1) is 15.7. The zero-order valence-corrected chi connectivity index (χ0v) is 16.5. The van der Waals surface area contributed by atoms with E-state index in [0.29, 0.717) is 17.8 Å². The van der Waals surface area contributed by atoms with Crippen molar-refractivity contribution < 1.29 is 18.4 Å². The number of ether oxygens (including phenoxy) is 1. The molecule has 0 saturated heterocycles. The fourth-order valence-electron chi connectivity index (χ4n) is 3.15. The van der Waals surface area contributed by atoms with Crippen LogP contribution in [-0.2, 0) is 11.3 Å². The Balaban J connectivity index is 1.75. The topological polar surface area (TPSA) is 123 Å². The summed E-state index contributed by atoms with van der Waals surface area (Å²) in [7, 11) is 1.49. The molecule has 4 rings (SSSR count). The molecule has 3 aromatic rings. The molecule has 0 radical (unpaired) electrons. The Morgan fingerprint density at radius 1 is 1.30 bits per heavy atom. The van der Waals surface area contributed by atoms with Crippen LogP contribution in [0, 0.1) is 5.92 Å². The number of hydrogen-bond donors (Lipinski definition) is 3. The van der Waals surface area contributed by atoms with Crippen LogP contribution >= 0.6 is 0 Å². The van der Waals surface area contributed by atoms with Crippen molar-refractivity contribution in [2.75, 3.05) is 24.7 Å².